The smallest absolute Gasteiger partial charge is 0.251 e. The van der Waals surface area contributed by atoms with Gasteiger partial charge in [0.2, 0.25) is 5.91 Å². The van der Waals surface area contributed by atoms with Crippen molar-refractivity contribution in [3.8, 4) is 0 Å². The van der Waals surface area contributed by atoms with Gasteiger partial charge in [0.15, 0.2) is 5.13 Å². The first kappa shape index (κ1) is 18.5. The molecule has 0 unspecified atom stereocenters. The highest BCUT2D eigenvalue weighted by molar-refractivity contribution is 7.13. The van der Waals surface area contributed by atoms with E-state index in [0.717, 1.165) is 30.9 Å². The predicted octanol–water partition coefficient (Wildman–Crippen LogP) is 2.81. The van der Waals surface area contributed by atoms with Crippen LogP contribution >= 0.6 is 11.3 Å². The molecule has 1 fully saturated rings. The number of carbonyl (C=O) groups is 2. The van der Waals surface area contributed by atoms with Gasteiger partial charge in [-0.3, -0.25) is 14.5 Å². The lowest BCUT2D eigenvalue weighted by atomic mass is 10.1. The zero-order chi connectivity index (χ0) is 18.4. The van der Waals surface area contributed by atoms with Crippen molar-refractivity contribution >= 4 is 28.3 Å². The normalized spacial score (nSPS) is 14.8. The van der Waals surface area contributed by atoms with Crippen LogP contribution in [0.2, 0.25) is 0 Å². The summed E-state index contributed by atoms with van der Waals surface area (Å²) >= 11 is 1.42. The molecule has 1 aromatic carbocycles. The number of hydrogen-bond donors (Lipinski definition) is 2. The van der Waals surface area contributed by atoms with Crippen molar-refractivity contribution in [1.29, 1.82) is 0 Å². The lowest BCUT2D eigenvalue weighted by Gasteiger charge is -2.25. The molecule has 0 aliphatic carbocycles. The second-order valence-corrected chi connectivity index (χ2v) is 7.44. The summed E-state index contributed by atoms with van der Waals surface area (Å²) in [5.74, 6) is -0.529. The van der Waals surface area contributed by atoms with Crippen LogP contribution in [0.15, 0.2) is 29.6 Å². The molecule has 2 N–H and O–H groups in total. The third-order valence-electron chi connectivity index (χ3n) is 4.32. The van der Waals surface area contributed by atoms with Gasteiger partial charge in [-0.15, -0.1) is 11.3 Å². The number of anilines is 1. The quantitative estimate of drug-likeness (QED) is 0.818. The van der Waals surface area contributed by atoms with E-state index in [1.807, 2.05) is 24.4 Å². The van der Waals surface area contributed by atoms with Gasteiger partial charge in [0.25, 0.3) is 5.91 Å². The van der Waals surface area contributed by atoms with E-state index in [1.54, 1.807) is 12.1 Å². The third kappa shape index (κ3) is 5.37. The van der Waals surface area contributed by atoms with Gasteiger partial charge in [-0.2, -0.15) is 0 Å². The molecule has 0 radical (unpaired) electrons. The third-order valence-corrected chi connectivity index (χ3v) is 5.13. The molecule has 138 valence electrons. The molecule has 2 amide bonds. The minimum Gasteiger partial charge on any atom is -0.343 e. The van der Waals surface area contributed by atoms with Crippen molar-refractivity contribution in [2.75, 3.05) is 25.0 Å². The Kier molecular flexibility index (Phi) is 6.35. The number of hydrogen-bond acceptors (Lipinski definition) is 5. The number of aromatic nitrogens is 1. The van der Waals surface area contributed by atoms with Crippen LogP contribution in [-0.4, -0.2) is 41.3 Å². The lowest BCUT2D eigenvalue weighted by molar-refractivity contribution is -0.115. The fourth-order valence-corrected chi connectivity index (χ4v) is 3.71. The molecule has 26 heavy (non-hydrogen) atoms. The van der Waals surface area contributed by atoms with Crippen molar-refractivity contribution in [3.63, 3.8) is 0 Å². The van der Waals surface area contributed by atoms with E-state index in [1.165, 1.54) is 30.6 Å². The molecule has 1 saturated heterocycles. The Morgan fingerprint density at radius 2 is 2.04 bits per heavy atom. The molecule has 6 nitrogen and oxygen atoms in total. The summed E-state index contributed by atoms with van der Waals surface area (Å²) in [6.07, 6.45) is 3.80. The Hall–Kier alpha value is -2.25. The summed E-state index contributed by atoms with van der Waals surface area (Å²) < 4.78 is 0. The molecular weight excluding hydrogens is 348 g/mol. The number of amides is 2. The highest BCUT2D eigenvalue weighted by Gasteiger charge is 2.14. The topological polar surface area (TPSA) is 74.3 Å². The maximum Gasteiger partial charge on any atom is 0.251 e. The van der Waals surface area contributed by atoms with Crippen LogP contribution in [0.5, 0.6) is 0 Å². The van der Waals surface area contributed by atoms with Crippen LogP contribution in [0.3, 0.4) is 0 Å². The van der Waals surface area contributed by atoms with Crippen LogP contribution in [-0.2, 0) is 11.3 Å². The minimum absolute atomic E-state index is 0.0756. The van der Waals surface area contributed by atoms with Gasteiger partial charge in [-0.1, -0.05) is 24.1 Å². The van der Waals surface area contributed by atoms with Crippen LogP contribution in [0.25, 0.3) is 0 Å². The van der Waals surface area contributed by atoms with E-state index in [-0.39, 0.29) is 18.4 Å². The number of benzene rings is 1. The number of aryl methyl sites for hydroxylation is 1. The molecule has 1 aliphatic rings. The monoisotopic (exact) mass is 372 g/mol. The van der Waals surface area contributed by atoms with Crippen LogP contribution < -0.4 is 10.6 Å². The largest absolute Gasteiger partial charge is 0.343 e. The molecule has 0 saturated carbocycles. The minimum atomic E-state index is -0.273. The van der Waals surface area contributed by atoms with Crippen molar-refractivity contribution in [3.05, 3.63) is 46.5 Å². The van der Waals surface area contributed by atoms with E-state index in [4.69, 9.17) is 0 Å². The lowest BCUT2D eigenvalue weighted by Crippen LogP contribution is -2.32. The molecular formula is C19H24N4O2S. The Morgan fingerprint density at radius 1 is 1.23 bits per heavy atom. The molecule has 0 spiro atoms. The fourth-order valence-electron chi connectivity index (χ4n) is 3.00. The van der Waals surface area contributed by atoms with Gasteiger partial charge in [-0.25, -0.2) is 4.98 Å². The maximum absolute atomic E-state index is 12.1. The Balaban J connectivity index is 1.45. The predicted molar refractivity (Wildman–Crippen MR) is 103 cm³/mol. The second kappa shape index (κ2) is 8.91. The standard InChI is InChI=1S/C19H24N4O2S/c1-14-6-5-7-15(10-14)18(25)20-11-17(24)22-19-21-16(13-26-19)12-23-8-3-2-4-9-23/h5-7,10,13H,2-4,8-9,11-12H2,1H3,(H,20,25)(H,21,22,24). The number of likely N-dealkylation sites (tertiary alicyclic amines) is 1. The van der Waals surface area contributed by atoms with Crippen molar-refractivity contribution < 1.29 is 9.59 Å². The van der Waals surface area contributed by atoms with E-state index >= 15 is 0 Å². The first-order chi connectivity index (χ1) is 12.6. The van der Waals surface area contributed by atoms with Gasteiger partial charge in [0.1, 0.15) is 0 Å². The van der Waals surface area contributed by atoms with E-state index in [0.29, 0.717) is 10.7 Å². The number of nitrogens with one attached hydrogen (secondary N) is 2. The highest BCUT2D eigenvalue weighted by atomic mass is 32.1. The van der Waals surface area contributed by atoms with Gasteiger partial charge >= 0.3 is 0 Å². The maximum atomic E-state index is 12.1. The summed E-state index contributed by atoms with van der Waals surface area (Å²) in [5.41, 5.74) is 2.54. The van der Waals surface area contributed by atoms with E-state index < -0.39 is 0 Å². The summed E-state index contributed by atoms with van der Waals surface area (Å²) in [7, 11) is 0. The van der Waals surface area contributed by atoms with Gasteiger partial charge in [-0.05, 0) is 45.0 Å². The van der Waals surface area contributed by atoms with Crippen molar-refractivity contribution in [1.82, 2.24) is 15.2 Å². The number of thiazole rings is 1. The molecule has 1 aliphatic heterocycles. The number of piperidine rings is 1. The Bertz CT molecular complexity index is 768. The van der Waals surface area contributed by atoms with Gasteiger partial charge < -0.3 is 10.6 Å². The Morgan fingerprint density at radius 3 is 2.81 bits per heavy atom. The molecule has 3 rings (SSSR count). The average molecular weight is 372 g/mol. The zero-order valence-electron chi connectivity index (χ0n) is 15.0. The summed E-state index contributed by atoms with van der Waals surface area (Å²) in [6.45, 7) is 4.91. The number of rotatable bonds is 6. The molecule has 1 aromatic heterocycles. The summed E-state index contributed by atoms with van der Waals surface area (Å²) in [4.78, 5) is 31.0. The van der Waals surface area contributed by atoms with Crippen LogP contribution in [0.4, 0.5) is 5.13 Å². The number of carbonyl (C=O) groups excluding carboxylic acids is 2. The molecule has 0 bridgehead atoms. The van der Waals surface area contributed by atoms with E-state index in [2.05, 4.69) is 20.5 Å². The zero-order valence-corrected chi connectivity index (χ0v) is 15.8. The highest BCUT2D eigenvalue weighted by Crippen LogP contribution is 2.18. The van der Waals surface area contributed by atoms with Crippen molar-refractivity contribution in [2.45, 2.75) is 32.7 Å². The summed E-state index contributed by atoms with van der Waals surface area (Å²) in [6, 6.07) is 7.27. The van der Waals surface area contributed by atoms with E-state index in [9.17, 15) is 9.59 Å². The molecule has 7 heteroatoms. The van der Waals surface area contributed by atoms with Crippen molar-refractivity contribution in [2.24, 2.45) is 0 Å². The second-order valence-electron chi connectivity index (χ2n) is 6.58. The first-order valence-electron chi connectivity index (χ1n) is 8.91. The van der Waals surface area contributed by atoms with Gasteiger partial charge in [0, 0.05) is 17.5 Å². The number of nitrogens with zero attached hydrogens (tertiary/aromatic N) is 2. The molecule has 2 heterocycles. The molecule has 0 atom stereocenters. The summed E-state index contributed by atoms with van der Waals surface area (Å²) in [5, 5.41) is 7.95. The average Bonchev–Trinajstić information content (AvgIpc) is 3.07. The SMILES string of the molecule is Cc1cccc(C(=O)NCC(=O)Nc2nc(CN3CCCCC3)cs2)c1. The van der Waals surface area contributed by atoms with Gasteiger partial charge in [0.05, 0.1) is 12.2 Å². The van der Waals surface area contributed by atoms with Crippen LogP contribution in [0, 0.1) is 6.92 Å². The fraction of sp³-hybridized carbons (Fsp3) is 0.421. The Labute approximate surface area is 157 Å². The molecule has 2 aromatic rings. The first-order valence-corrected chi connectivity index (χ1v) is 9.79. The van der Waals surface area contributed by atoms with Crippen LogP contribution in [0.1, 0.15) is 40.9 Å².